The van der Waals surface area contributed by atoms with E-state index in [0.29, 0.717) is 10.0 Å². The number of hydrazine groups is 1. The lowest BCUT2D eigenvalue weighted by Crippen LogP contribution is -2.42. The van der Waals surface area contributed by atoms with E-state index in [9.17, 15) is 4.79 Å². The Morgan fingerprint density at radius 1 is 1.30 bits per heavy atom. The second kappa shape index (κ2) is 7.16. The number of nitrogens with one attached hydrogen (secondary N) is 2. The molecule has 0 aliphatic heterocycles. The Labute approximate surface area is 129 Å². The summed E-state index contributed by atoms with van der Waals surface area (Å²) in [6, 6.07) is 5.31. The number of carbonyl (C=O) groups is 1. The van der Waals surface area contributed by atoms with Crippen LogP contribution in [0.3, 0.4) is 0 Å². The van der Waals surface area contributed by atoms with Crippen LogP contribution in [-0.2, 0) is 4.74 Å². The molecule has 1 aromatic rings. The van der Waals surface area contributed by atoms with E-state index in [-0.39, 0.29) is 6.04 Å². The van der Waals surface area contributed by atoms with Gasteiger partial charge in [-0.3, -0.25) is 5.43 Å². The zero-order chi connectivity index (χ0) is 15.3. The minimum absolute atomic E-state index is 0.0720. The van der Waals surface area contributed by atoms with Gasteiger partial charge in [0, 0.05) is 0 Å². The standard InChI is InChI=1S/C14H20Cl2N2O2/c1-5-12(9-6-7-10(15)11(16)8-9)17-18-13(19)20-14(2,3)4/h6-8,12,17H,5H2,1-4H3,(H,18,19). The predicted octanol–water partition coefficient (Wildman–Crippen LogP) is 4.47. The molecule has 2 N–H and O–H groups in total. The Balaban J connectivity index is 2.63. The molecule has 1 atom stereocenters. The molecule has 20 heavy (non-hydrogen) atoms. The highest BCUT2D eigenvalue weighted by Crippen LogP contribution is 2.26. The van der Waals surface area contributed by atoms with Crippen molar-refractivity contribution < 1.29 is 9.53 Å². The van der Waals surface area contributed by atoms with E-state index in [1.165, 1.54) is 0 Å². The Bertz CT molecular complexity index is 473. The first-order valence-electron chi connectivity index (χ1n) is 6.42. The van der Waals surface area contributed by atoms with Crippen LogP contribution in [0, 0.1) is 0 Å². The van der Waals surface area contributed by atoms with Crippen LogP contribution >= 0.6 is 23.2 Å². The van der Waals surface area contributed by atoms with E-state index in [0.717, 1.165) is 12.0 Å². The van der Waals surface area contributed by atoms with Crippen LogP contribution in [0.5, 0.6) is 0 Å². The average molecular weight is 319 g/mol. The minimum Gasteiger partial charge on any atom is -0.443 e. The van der Waals surface area contributed by atoms with Crippen molar-refractivity contribution in [2.45, 2.75) is 45.8 Å². The van der Waals surface area contributed by atoms with Crippen LogP contribution in [-0.4, -0.2) is 11.7 Å². The third-order valence-corrected chi connectivity index (χ3v) is 3.24. The Hall–Kier alpha value is -0.970. The van der Waals surface area contributed by atoms with Gasteiger partial charge in [-0.2, -0.15) is 0 Å². The van der Waals surface area contributed by atoms with Gasteiger partial charge in [0.2, 0.25) is 0 Å². The van der Waals surface area contributed by atoms with Crippen molar-refractivity contribution in [3.8, 4) is 0 Å². The maximum Gasteiger partial charge on any atom is 0.422 e. The molecule has 0 bridgehead atoms. The Morgan fingerprint density at radius 3 is 2.45 bits per heavy atom. The van der Waals surface area contributed by atoms with Crippen LogP contribution in [0.2, 0.25) is 10.0 Å². The minimum atomic E-state index is -0.531. The first-order valence-corrected chi connectivity index (χ1v) is 7.18. The van der Waals surface area contributed by atoms with Crippen LogP contribution in [0.25, 0.3) is 0 Å². The smallest absolute Gasteiger partial charge is 0.422 e. The number of hydrogen-bond donors (Lipinski definition) is 2. The second-order valence-corrected chi connectivity index (χ2v) is 6.22. The summed E-state index contributed by atoms with van der Waals surface area (Å²) in [5.74, 6) is 0. The topological polar surface area (TPSA) is 50.4 Å². The van der Waals surface area contributed by atoms with E-state index < -0.39 is 11.7 Å². The molecule has 0 saturated heterocycles. The van der Waals surface area contributed by atoms with E-state index in [4.69, 9.17) is 27.9 Å². The molecule has 1 rings (SSSR count). The molecule has 0 radical (unpaired) electrons. The summed E-state index contributed by atoms with van der Waals surface area (Å²) in [5.41, 5.74) is 5.88. The molecule has 0 saturated carbocycles. The average Bonchev–Trinajstić information content (AvgIpc) is 2.32. The highest BCUT2D eigenvalue weighted by atomic mass is 35.5. The largest absolute Gasteiger partial charge is 0.443 e. The maximum atomic E-state index is 11.6. The lowest BCUT2D eigenvalue weighted by molar-refractivity contribution is 0.0487. The van der Waals surface area contributed by atoms with Gasteiger partial charge in [-0.1, -0.05) is 36.2 Å². The van der Waals surface area contributed by atoms with Gasteiger partial charge >= 0.3 is 6.09 Å². The van der Waals surface area contributed by atoms with Gasteiger partial charge in [-0.15, -0.1) is 0 Å². The van der Waals surface area contributed by atoms with E-state index in [1.54, 1.807) is 12.1 Å². The molecular weight excluding hydrogens is 299 g/mol. The van der Waals surface area contributed by atoms with Gasteiger partial charge < -0.3 is 4.74 Å². The molecule has 1 aromatic carbocycles. The quantitative estimate of drug-likeness (QED) is 0.805. The number of rotatable bonds is 4. The number of ether oxygens (including phenoxy) is 1. The SMILES string of the molecule is CCC(NNC(=O)OC(C)(C)C)c1ccc(Cl)c(Cl)c1. The summed E-state index contributed by atoms with van der Waals surface area (Å²) < 4.78 is 5.15. The van der Waals surface area contributed by atoms with Crippen molar-refractivity contribution >= 4 is 29.3 Å². The molecule has 0 aliphatic rings. The summed E-state index contributed by atoms with van der Waals surface area (Å²) >= 11 is 11.9. The van der Waals surface area contributed by atoms with Crippen LogP contribution in [0.15, 0.2) is 18.2 Å². The third kappa shape index (κ3) is 5.57. The number of benzene rings is 1. The Morgan fingerprint density at radius 2 is 1.95 bits per heavy atom. The summed E-state index contributed by atoms with van der Waals surface area (Å²) in [5, 5.41) is 0.993. The van der Waals surface area contributed by atoms with Gasteiger partial charge in [0.05, 0.1) is 16.1 Å². The Kier molecular flexibility index (Phi) is 6.11. The van der Waals surface area contributed by atoms with Crippen molar-refractivity contribution in [1.82, 2.24) is 10.9 Å². The molecule has 112 valence electrons. The van der Waals surface area contributed by atoms with Crippen molar-refractivity contribution in [3.63, 3.8) is 0 Å². The van der Waals surface area contributed by atoms with Gasteiger partial charge in [0.15, 0.2) is 0 Å². The first-order chi connectivity index (χ1) is 9.23. The number of halogens is 2. The third-order valence-electron chi connectivity index (χ3n) is 2.50. The van der Waals surface area contributed by atoms with Gasteiger partial charge in [-0.25, -0.2) is 10.2 Å². The summed E-state index contributed by atoms with van der Waals surface area (Å²) in [4.78, 5) is 11.6. The summed E-state index contributed by atoms with van der Waals surface area (Å²) in [7, 11) is 0. The first kappa shape index (κ1) is 17.1. The fraction of sp³-hybridized carbons (Fsp3) is 0.500. The zero-order valence-electron chi connectivity index (χ0n) is 12.1. The predicted molar refractivity (Wildman–Crippen MR) is 82.0 cm³/mol. The molecule has 4 nitrogen and oxygen atoms in total. The molecule has 0 spiro atoms. The van der Waals surface area contributed by atoms with Crippen LogP contribution < -0.4 is 10.9 Å². The van der Waals surface area contributed by atoms with Gasteiger partial charge in [-0.05, 0) is 44.9 Å². The zero-order valence-corrected chi connectivity index (χ0v) is 13.6. The normalized spacial score (nSPS) is 12.9. The molecule has 1 unspecified atom stereocenters. The van der Waals surface area contributed by atoms with E-state index >= 15 is 0 Å². The maximum absolute atomic E-state index is 11.6. The molecular formula is C14H20Cl2N2O2. The molecule has 1 amide bonds. The lowest BCUT2D eigenvalue weighted by Gasteiger charge is -2.22. The summed E-state index contributed by atoms with van der Waals surface area (Å²) in [6.45, 7) is 7.42. The highest BCUT2D eigenvalue weighted by Gasteiger charge is 2.17. The lowest BCUT2D eigenvalue weighted by atomic mass is 10.1. The molecule has 0 aromatic heterocycles. The van der Waals surface area contributed by atoms with Crippen molar-refractivity contribution in [1.29, 1.82) is 0 Å². The number of carbonyl (C=O) groups excluding carboxylic acids is 1. The van der Waals surface area contributed by atoms with Gasteiger partial charge in [0.25, 0.3) is 0 Å². The second-order valence-electron chi connectivity index (χ2n) is 5.41. The molecule has 0 aliphatic carbocycles. The number of amides is 1. The van der Waals surface area contributed by atoms with Crippen molar-refractivity contribution in [2.24, 2.45) is 0 Å². The number of hydrogen-bond acceptors (Lipinski definition) is 3. The monoisotopic (exact) mass is 318 g/mol. The molecule has 0 heterocycles. The fourth-order valence-corrected chi connectivity index (χ4v) is 1.91. The van der Waals surface area contributed by atoms with Crippen LogP contribution in [0.1, 0.15) is 45.7 Å². The summed E-state index contributed by atoms with van der Waals surface area (Å²) in [6.07, 6.45) is 0.254. The van der Waals surface area contributed by atoms with Gasteiger partial charge in [0.1, 0.15) is 5.60 Å². The van der Waals surface area contributed by atoms with E-state index in [2.05, 4.69) is 10.9 Å². The molecule has 0 fully saturated rings. The highest BCUT2D eigenvalue weighted by molar-refractivity contribution is 6.42. The fourth-order valence-electron chi connectivity index (χ4n) is 1.60. The van der Waals surface area contributed by atoms with Crippen molar-refractivity contribution in [2.75, 3.05) is 0 Å². The van der Waals surface area contributed by atoms with Crippen molar-refractivity contribution in [3.05, 3.63) is 33.8 Å². The van der Waals surface area contributed by atoms with E-state index in [1.807, 2.05) is 33.8 Å². The molecule has 6 heteroatoms. The van der Waals surface area contributed by atoms with Crippen LogP contribution in [0.4, 0.5) is 4.79 Å².